The molecule has 0 aliphatic rings. The number of nitrogens with zero attached hydrogens (tertiary/aromatic N) is 1. The first kappa shape index (κ1) is 17.3. The number of benzene rings is 1. The van der Waals surface area contributed by atoms with Gasteiger partial charge in [0.15, 0.2) is 6.61 Å². The van der Waals surface area contributed by atoms with Crippen LogP contribution < -0.4 is 4.74 Å². The average Bonchev–Trinajstić information content (AvgIpc) is 2.88. The van der Waals surface area contributed by atoms with E-state index in [0.717, 1.165) is 0 Å². The molecule has 124 valence electrons. The quantitative estimate of drug-likeness (QED) is 0.651. The lowest BCUT2D eigenvalue weighted by molar-refractivity contribution is 0.0519. The highest BCUT2D eigenvalue weighted by molar-refractivity contribution is 6.03. The van der Waals surface area contributed by atoms with E-state index in [2.05, 4.69) is 4.98 Å². The third-order valence-corrected chi connectivity index (χ3v) is 3.53. The molecule has 0 aliphatic carbocycles. The van der Waals surface area contributed by atoms with E-state index >= 15 is 0 Å². The van der Waals surface area contributed by atoms with Gasteiger partial charge in [0.1, 0.15) is 11.4 Å². The van der Waals surface area contributed by atoms with E-state index in [4.69, 9.17) is 14.7 Å². The number of hydrogen-bond donors (Lipinski definition) is 1. The summed E-state index contributed by atoms with van der Waals surface area (Å²) in [6.07, 6.45) is 0. The zero-order chi connectivity index (χ0) is 17.7. The highest BCUT2D eigenvalue weighted by atomic mass is 16.5. The van der Waals surface area contributed by atoms with E-state index in [1.54, 1.807) is 45.0 Å². The molecule has 2 rings (SSSR count). The van der Waals surface area contributed by atoms with E-state index in [1.165, 1.54) is 0 Å². The van der Waals surface area contributed by atoms with Gasteiger partial charge in [-0.3, -0.25) is 4.79 Å². The lowest BCUT2D eigenvalue weighted by Gasteiger charge is -2.06. The van der Waals surface area contributed by atoms with Gasteiger partial charge < -0.3 is 14.5 Å². The number of nitriles is 1. The number of nitrogens with one attached hydrogen (secondary N) is 1. The Morgan fingerprint density at radius 1 is 1.29 bits per heavy atom. The summed E-state index contributed by atoms with van der Waals surface area (Å²) in [5.41, 5.74) is 2.30. The molecule has 0 spiro atoms. The van der Waals surface area contributed by atoms with E-state index in [9.17, 15) is 9.59 Å². The summed E-state index contributed by atoms with van der Waals surface area (Å²) in [6, 6.07) is 8.59. The summed E-state index contributed by atoms with van der Waals surface area (Å²) in [4.78, 5) is 27.2. The van der Waals surface area contributed by atoms with Crippen LogP contribution in [0.3, 0.4) is 0 Å². The van der Waals surface area contributed by atoms with Crippen molar-refractivity contribution in [3.8, 4) is 11.8 Å². The third-order valence-electron chi connectivity index (χ3n) is 3.53. The highest BCUT2D eigenvalue weighted by Gasteiger charge is 2.22. The van der Waals surface area contributed by atoms with Crippen LogP contribution >= 0.6 is 0 Å². The zero-order valence-corrected chi connectivity index (χ0v) is 13.8. The maximum Gasteiger partial charge on any atom is 0.355 e. The van der Waals surface area contributed by atoms with Crippen LogP contribution in [0.25, 0.3) is 0 Å². The molecule has 24 heavy (non-hydrogen) atoms. The number of carbonyl (C=O) groups excluding carboxylic acids is 2. The van der Waals surface area contributed by atoms with Gasteiger partial charge in [-0.25, -0.2) is 4.79 Å². The van der Waals surface area contributed by atoms with Crippen molar-refractivity contribution in [3.05, 3.63) is 52.3 Å². The number of aryl methyl sites for hydroxylation is 1. The van der Waals surface area contributed by atoms with Crippen molar-refractivity contribution in [2.24, 2.45) is 0 Å². The normalized spacial score (nSPS) is 10.1. The van der Waals surface area contributed by atoms with E-state index in [-0.39, 0.29) is 24.7 Å². The number of aromatic nitrogens is 1. The Kier molecular flexibility index (Phi) is 5.38. The number of hydrogen-bond acceptors (Lipinski definition) is 5. The number of H-pyrrole nitrogens is 1. The Hall–Kier alpha value is -3.07. The number of rotatable bonds is 6. The monoisotopic (exact) mass is 326 g/mol. The predicted molar refractivity (Wildman–Crippen MR) is 87.2 cm³/mol. The van der Waals surface area contributed by atoms with Crippen molar-refractivity contribution >= 4 is 11.8 Å². The van der Waals surface area contributed by atoms with Crippen molar-refractivity contribution in [2.75, 3.05) is 13.2 Å². The number of ether oxygens (including phenoxy) is 2. The third kappa shape index (κ3) is 3.63. The maximum atomic E-state index is 12.4. The lowest BCUT2D eigenvalue weighted by atomic mass is 10.1. The number of Topliss-reactive ketones (excluding diaryl/α,β-unsaturated/α-hetero) is 1. The first-order chi connectivity index (χ1) is 11.5. The first-order valence-corrected chi connectivity index (χ1v) is 7.50. The summed E-state index contributed by atoms with van der Waals surface area (Å²) in [5, 5.41) is 8.87. The summed E-state index contributed by atoms with van der Waals surface area (Å²) in [5.74, 6) is -0.294. The second kappa shape index (κ2) is 7.47. The number of carbonyl (C=O) groups is 2. The molecule has 0 atom stereocenters. The molecule has 1 aromatic heterocycles. The Bertz CT molecular complexity index is 815. The predicted octanol–water partition coefficient (Wildman–Crippen LogP) is 2.94. The van der Waals surface area contributed by atoms with Gasteiger partial charge in [0.25, 0.3) is 0 Å². The molecule has 0 radical (unpaired) electrons. The average molecular weight is 326 g/mol. The first-order valence-electron chi connectivity index (χ1n) is 7.50. The fraction of sp³-hybridized carbons (Fsp3) is 0.278. The highest BCUT2D eigenvalue weighted by Crippen LogP contribution is 2.20. The van der Waals surface area contributed by atoms with E-state index in [0.29, 0.717) is 28.1 Å². The summed E-state index contributed by atoms with van der Waals surface area (Å²) < 4.78 is 10.4. The molecular formula is C18H18N2O4. The summed E-state index contributed by atoms with van der Waals surface area (Å²) in [7, 11) is 0. The standard InChI is InChI=1S/C18H18N2O4/c1-4-23-18(22)17-11(2)16(12(3)20-17)15(21)10-24-14-7-5-6-13(8-14)9-19/h5-8,20H,4,10H2,1-3H3. The largest absolute Gasteiger partial charge is 0.485 e. The Morgan fingerprint density at radius 2 is 2.04 bits per heavy atom. The van der Waals surface area contributed by atoms with Crippen LogP contribution in [0, 0.1) is 25.2 Å². The van der Waals surface area contributed by atoms with E-state index in [1.807, 2.05) is 6.07 Å². The van der Waals surface area contributed by atoms with Gasteiger partial charge in [-0.1, -0.05) is 6.07 Å². The van der Waals surface area contributed by atoms with Crippen LogP contribution in [-0.2, 0) is 4.74 Å². The van der Waals surface area contributed by atoms with Crippen LogP contribution in [0.2, 0.25) is 0 Å². The van der Waals surface area contributed by atoms with Gasteiger partial charge in [0.05, 0.1) is 18.2 Å². The van der Waals surface area contributed by atoms with Crippen molar-refractivity contribution in [1.29, 1.82) is 5.26 Å². The summed E-state index contributed by atoms with van der Waals surface area (Å²) >= 11 is 0. The van der Waals surface area contributed by atoms with Crippen LogP contribution in [-0.4, -0.2) is 30.0 Å². The number of aromatic amines is 1. The van der Waals surface area contributed by atoms with E-state index < -0.39 is 5.97 Å². The number of ketones is 1. The molecule has 0 saturated carbocycles. The molecule has 0 saturated heterocycles. The molecule has 2 aromatic rings. The van der Waals surface area contributed by atoms with Gasteiger partial charge in [0.2, 0.25) is 5.78 Å². The Morgan fingerprint density at radius 3 is 2.71 bits per heavy atom. The van der Waals surface area contributed by atoms with Crippen LogP contribution in [0.4, 0.5) is 0 Å². The Labute approximate surface area is 140 Å². The molecule has 0 amide bonds. The SMILES string of the molecule is CCOC(=O)c1[nH]c(C)c(C(=O)COc2cccc(C#N)c2)c1C. The summed E-state index contributed by atoms with van der Waals surface area (Å²) in [6.45, 7) is 5.21. The molecule has 0 fully saturated rings. The molecule has 0 bridgehead atoms. The lowest BCUT2D eigenvalue weighted by Crippen LogP contribution is -2.13. The zero-order valence-electron chi connectivity index (χ0n) is 13.8. The van der Waals surface area contributed by atoms with Crippen LogP contribution in [0.5, 0.6) is 5.75 Å². The molecular weight excluding hydrogens is 308 g/mol. The second-order valence-corrected chi connectivity index (χ2v) is 5.20. The van der Waals surface area contributed by atoms with Crippen LogP contribution in [0.1, 0.15) is 44.6 Å². The van der Waals surface area contributed by atoms with Gasteiger partial charge in [0, 0.05) is 11.3 Å². The maximum absolute atomic E-state index is 12.4. The molecule has 6 heteroatoms. The smallest absolute Gasteiger partial charge is 0.355 e. The van der Waals surface area contributed by atoms with Gasteiger partial charge in [-0.15, -0.1) is 0 Å². The molecule has 0 aliphatic heterocycles. The van der Waals surface area contributed by atoms with Crippen LogP contribution in [0.15, 0.2) is 24.3 Å². The van der Waals surface area contributed by atoms with Gasteiger partial charge in [-0.05, 0) is 44.5 Å². The molecule has 6 nitrogen and oxygen atoms in total. The van der Waals surface area contributed by atoms with Crippen molar-refractivity contribution in [3.63, 3.8) is 0 Å². The van der Waals surface area contributed by atoms with Crippen molar-refractivity contribution in [2.45, 2.75) is 20.8 Å². The second-order valence-electron chi connectivity index (χ2n) is 5.20. The number of esters is 1. The minimum absolute atomic E-state index is 0.184. The molecule has 0 unspecified atom stereocenters. The molecule has 1 aromatic carbocycles. The molecule has 1 heterocycles. The minimum atomic E-state index is -0.486. The fourth-order valence-corrected chi connectivity index (χ4v) is 2.45. The fourth-order valence-electron chi connectivity index (χ4n) is 2.45. The van der Waals surface area contributed by atoms with Crippen molar-refractivity contribution < 1.29 is 19.1 Å². The topological polar surface area (TPSA) is 92.2 Å². The minimum Gasteiger partial charge on any atom is -0.485 e. The Balaban J connectivity index is 2.15. The van der Waals surface area contributed by atoms with Crippen molar-refractivity contribution in [1.82, 2.24) is 4.98 Å². The van der Waals surface area contributed by atoms with Gasteiger partial charge >= 0.3 is 5.97 Å². The van der Waals surface area contributed by atoms with Gasteiger partial charge in [-0.2, -0.15) is 5.26 Å². The molecule has 1 N–H and O–H groups in total.